The van der Waals surface area contributed by atoms with Gasteiger partial charge in [-0.1, -0.05) is 6.92 Å². The molecular weight excluding hydrogens is 117 g/mol. The van der Waals surface area contributed by atoms with E-state index in [1.165, 1.54) is 0 Å². The van der Waals surface area contributed by atoms with Crippen molar-refractivity contribution in [2.45, 2.75) is 19.8 Å². The topological polar surface area (TPSA) is 0 Å². The Labute approximate surface area is 46.0 Å². The molecule has 0 atom stereocenters. The summed E-state index contributed by atoms with van der Waals surface area (Å²) in [7, 11) is 0. The highest BCUT2D eigenvalue weighted by Gasteiger charge is 2.06. The lowest BCUT2D eigenvalue weighted by Gasteiger charge is -1.89. The van der Waals surface area contributed by atoms with Gasteiger partial charge < -0.3 is 0 Å². The summed E-state index contributed by atoms with van der Waals surface area (Å²) in [6.07, 6.45) is -1.75. The predicted molar refractivity (Wildman–Crippen MR) is 25.5 cm³/mol. The smallest absolute Gasteiger partial charge is 0.206 e. The van der Waals surface area contributed by atoms with Crippen molar-refractivity contribution in [3.8, 4) is 0 Å². The first-order valence-electron chi connectivity index (χ1n) is 2.32. The minimum atomic E-state index is -2.94. The highest BCUT2D eigenvalue weighted by atomic mass is 19.3. The fraction of sp³-hybridized carbons (Fsp3) is 0.600. The first-order valence-corrected chi connectivity index (χ1v) is 2.32. The number of hydrogen-bond donors (Lipinski definition) is 0. The van der Waals surface area contributed by atoms with Crippen LogP contribution in [0.5, 0.6) is 0 Å². The van der Waals surface area contributed by atoms with Gasteiger partial charge in [-0.3, -0.25) is 0 Å². The Morgan fingerprint density at radius 2 is 2.12 bits per heavy atom. The largest absolute Gasteiger partial charge is 0.289 e. The lowest BCUT2D eigenvalue weighted by molar-refractivity contribution is 0.158. The lowest BCUT2D eigenvalue weighted by atomic mass is 10.4. The van der Waals surface area contributed by atoms with Gasteiger partial charge in [-0.15, -0.1) is 0 Å². The molecule has 0 radical (unpaired) electrons. The molecule has 3 heteroatoms. The fourth-order valence-corrected chi connectivity index (χ4v) is 0.284. The fourth-order valence-electron chi connectivity index (χ4n) is 0.284. The van der Waals surface area contributed by atoms with Crippen molar-refractivity contribution in [2.24, 2.45) is 0 Å². The second-order valence-corrected chi connectivity index (χ2v) is 1.30. The molecule has 0 N–H and O–H groups in total. The average Bonchev–Trinajstić information content (AvgIpc) is 1.67. The van der Waals surface area contributed by atoms with Crippen LogP contribution >= 0.6 is 0 Å². The molecule has 0 aromatic rings. The second kappa shape index (κ2) is 3.52. The van der Waals surface area contributed by atoms with Crippen molar-refractivity contribution in [2.75, 3.05) is 0 Å². The van der Waals surface area contributed by atoms with Crippen molar-refractivity contribution >= 4 is 0 Å². The van der Waals surface area contributed by atoms with E-state index in [0.29, 0.717) is 6.42 Å². The minimum Gasteiger partial charge on any atom is -0.206 e. The van der Waals surface area contributed by atoms with Crippen LogP contribution in [-0.4, -0.2) is 6.43 Å². The van der Waals surface area contributed by atoms with Gasteiger partial charge in [0.25, 0.3) is 6.43 Å². The van der Waals surface area contributed by atoms with E-state index in [9.17, 15) is 13.2 Å². The molecule has 0 rings (SSSR count). The third kappa shape index (κ3) is 2.66. The van der Waals surface area contributed by atoms with Crippen molar-refractivity contribution < 1.29 is 13.2 Å². The molecule has 0 saturated carbocycles. The van der Waals surface area contributed by atoms with Crippen LogP contribution < -0.4 is 0 Å². The van der Waals surface area contributed by atoms with Gasteiger partial charge in [0, 0.05) is 0 Å². The van der Waals surface area contributed by atoms with Crippen LogP contribution in [0.3, 0.4) is 0 Å². The van der Waals surface area contributed by atoms with E-state index in [-0.39, 0.29) is 0 Å². The predicted octanol–water partition coefficient (Wildman–Crippen LogP) is 2.51. The molecule has 0 unspecified atom stereocenters. The van der Waals surface area contributed by atoms with Gasteiger partial charge in [0.05, 0.1) is 0 Å². The van der Waals surface area contributed by atoms with E-state index in [1.807, 2.05) is 0 Å². The molecule has 0 aliphatic heterocycles. The molecule has 0 aromatic heterocycles. The SMILES string of the molecule is CCC=C(F)C(F)F. The third-order valence-corrected chi connectivity index (χ3v) is 0.608. The van der Waals surface area contributed by atoms with E-state index in [2.05, 4.69) is 0 Å². The molecule has 0 nitrogen and oxygen atoms in total. The molecule has 8 heavy (non-hydrogen) atoms. The van der Waals surface area contributed by atoms with E-state index in [0.717, 1.165) is 6.08 Å². The van der Waals surface area contributed by atoms with Crippen LogP contribution in [0, 0.1) is 0 Å². The molecule has 0 aliphatic rings. The highest BCUT2D eigenvalue weighted by molar-refractivity contribution is 4.93. The summed E-state index contributed by atoms with van der Waals surface area (Å²) in [6, 6.07) is 0. The molecule has 0 aromatic carbocycles. The average molecular weight is 124 g/mol. The summed E-state index contributed by atoms with van der Waals surface area (Å²) in [5.74, 6) is -1.33. The van der Waals surface area contributed by atoms with Gasteiger partial charge in [0.15, 0.2) is 5.83 Å². The van der Waals surface area contributed by atoms with Crippen LogP contribution in [0.2, 0.25) is 0 Å². The van der Waals surface area contributed by atoms with Gasteiger partial charge in [-0.25, -0.2) is 13.2 Å². The van der Waals surface area contributed by atoms with E-state index in [1.54, 1.807) is 6.92 Å². The quantitative estimate of drug-likeness (QED) is 0.530. The number of allylic oxidation sites excluding steroid dienone is 2. The van der Waals surface area contributed by atoms with Gasteiger partial charge in [-0.2, -0.15) is 0 Å². The summed E-state index contributed by atoms with van der Waals surface area (Å²) in [5, 5.41) is 0. The van der Waals surface area contributed by atoms with Crippen LogP contribution in [0.1, 0.15) is 13.3 Å². The zero-order valence-corrected chi connectivity index (χ0v) is 4.50. The second-order valence-electron chi connectivity index (χ2n) is 1.30. The summed E-state index contributed by atoms with van der Waals surface area (Å²) >= 11 is 0. The van der Waals surface area contributed by atoms with E-state index >= 15 is 0 Å². The lowest BCUT2D eigenvalue weighted by Crippen LogP contribution is -1.88. The van der Waals surface area contributed by atoms with Gasteiger partial charge in [0.2, 0.25) is 0 Å². The van der Waals surface area contributed by atoms with Crippen LogP contribution in [0.4, 0.5) is 13.2 Å². The van der Waals surface area contributed by atoms with Crippen LogP contribution in [-0.2, 0) is 0 Å². The summed E-state index contributed by atoms with van der Waals surface area (Å²) in [5.41, 5.74) is 0. The Hall–Kier alpha value is -0.470. The Kier molecular flexibility index (Phi) is 3.31. The van der Waals surface area contributed by atoms with Crippen molar-refractivity contribution in [1.82, 2.24) is 0 Å². The monoisotopic (exact) mass is 124 g/mol. The highest BCUT2D eigenvalue weighted by Crippen LogP contribution is 2.09. The molecule has 0 bridgehead atoms. The zero-order chi connectivity index (χ0) is 6.57. The third-order valence-electron chi connectivity index (χ3n) is 0.608. The van der Waals surface area contributed by atoms with Crippen molar-refractivity contribution in [3.63, 3.8) is 0 Å². The maximum Gasteiger partial charge on any atom is 0.289 e. The first kappa shape index (κ1) is 7.53. The Bertz CT molecular complexity index is 85.7. The first-order chi connectivity index (χ1) is 3.68. The summed E-state index contributed by atoms with van der Waals surface area (Å²) in [4.78, 5) is 0. The van der Waals surface area contributed by atoms with Crippen molar-refractivity contribution in [1.29, 1.82) is 0 Å². The van der Waals surface area contributed by atoms with E-state index < -0.39 is 12.3 Å². The number of alkyl halides is 2. The van der Waals surface area contributed by atoms with Crippen LogP contribution in [0.15, 0.2) is 11.9 Å². The summed E-state index contributed by atoms with van der Waals surface area (Å²) < 4.78 is 34.0. The summed E-state index contributed by atoms with van der Waals surface area (Å²) in [6.45, 7) is 1.60. The van der Waals surface area contributed by atoms with Gasteiger partial charge >= 0.3 is 0 Å². The zero-order valence-electron chi connectivity index (χ0n) is 4.50. The number of rotatable bonds is 2. The Balaban J connectivity index is 3.61. The standard InChI is InChI=1S/C5H7F3/c1-2-3-4(6)5(7)8/h3,5H,2H2,1H3. The molecule has 0 amide bonds. The maximum atomic E-state index is 11.6. The van der Waals surface area contributed by atoms with Gasteiger partial charge in [-0.05, 0) is 12.5 Å². The molecule has 0 aliphatic carbocycles. The van der Waals surface area contributed by atoms with E-state index in [4.69, 9.17) is 0 Å². The molecule has 0 fully saturated rings. The minimum absolute atomic E-state index is 0.316. The van der Waals surface area contributed by atoms with Gasteiger partial charge in [0.1, 0.15) is 0 Å². The van der Waals surface area contributed by atoms with Crippen molar-refractivity contribution in [3.05, 3.63) is 11.9 Å². The normalized spacial score (nSPS) is 12.9. The molecule has 0 saturated heterocycles. The maximum absolute atomic E-state index is 11.6. The molecule has 0 heterocycles. The number of halogens is 3. The Morgan fingerprint density at radius 3 is 2.25 bits per heavy atom. The molecule has 0 spiro atoms. The Morgan fingerprint density at radius 1 is 1.62 bits per heavy atom. The van der Waals surface area contributed by atoms with Crippen LogP contribution in [0.25, 0.3) is 0 Å². The molecule has 48 valence electrons. The number of hydrogen-bond acceptors (Lipinski definition) is 0. The molecular formula is C5H7F3.